The van der Waals surface area contributed by atoms with Gasteiger partial charge in [-0.05, 0) is 45.9 Å². The van der Waals surface area contributed by atoms with Crippen LogP contribution < -0.4 is 10.2 Å². The quantitative estimate of drug-likeness (QED) is 0.803. The van der Waals surface area contributed by atoms with Crippen LogP contribution in [-0.4, -0.2) is 25.7 Å². The van der Waals surface area contributed by atoms with Crippen LogP contribution in [0.5, 0.6) is 0 Å². The summed E-state index contributed by atoms with van der Waals surface area (Å²) in [4.78, 5) is 2.34. The lowest BCUT2D eigenvalue weighted by atomic mass is 9.98. The molecule has 1 unspecified atom stereocenters. The number of rotatable bonds is 7. The Morgan fingerprint density at radius 3 is 2.50 bits per heavy atom. The molecule has 0 aliphatic rings. The molecule has 1 rings (SSSR count). The van der Waals surface area contributed by atoms with Gasteiger partial charge < -0.3 is 10.2 Å². The van der Waals surface area contributed by atoms with E-state index < -0.39 is 5.54 Å². The number of para-hydroxylation sites is 1. The Hall–Kier alpha value is -1.53. The highest BCUT2D eigenvalue weighted by Crippen LogP contribution is 2.16. The Morgan fingerprint density at radius 1 is 1.33 bits per heavy atom. The highest BCUT2D eigenvalue weighted by Gasteiger charge is 2.20. The number of hydrogen-bond acceptors (Lipinski definition) is 3. The molecule has 1 N–H and O–H groups in total. The van der Waals surface area contributed by atoms with Gasteiger partial charge in [0.15, 0.2) is 0 Å². The van der Waals surface area contributed by atoms with Gasteiger partial charge in [-0.3, -0.25) is 0 Å². The molecule has 1 aromatic rings. The van der Waals surface area contributed by atoms with Crippen molar-refractivity contribution in [1.29, 1.82) is 5.26 Å². The van der Waals surface area contributed by atoms with Gasteiger partial charge in [-0.25, -0.2) is 0 Å². The summed E-state index contributed by atoms with van der Waals surface area (Å²) < 4.78 is 0. The number of nitrogens with one attached hydrogen (secondary N) is 1. The smallest absolute Gasteiger partial charge is 0.103 e. The minimum absolute atomic E-state index is 0.407. The fourth-order valence-electron chi connectivity index (χ4n) is 1.97. The third-order valence-electron chi connectivity index (χ3n) is 3.41. The van der Waals surface area contributed by atoms with Crippen molar-refractivity contribution >= 4 is 5.69 Å². The maximum absolute atomic E-state index is 9.10. The molecule has 98 valence electrons. The summed E-state index contributed by atoms with van der Waals surface area (Å²) >= 11 is 0. The monoisotopic (exact) mass is 245 g/mol. The lowest BCUT2D eigenvalue weighted by Crippen LogP contribution is -2.39. The standard InChI is InChI=1S/C15H23N3/c1-4-18(14-9-6-5-7-10-14)12-8-11-15(2,13-16)17-3/h5-7,9-10,17H,4,8,11-12H2,1-3H3. The molecule has 0 spiro atoms. The average molecular weight is 245 g/mol. The third kappa shape index (κ3) is 4.05. The van der Waals surface area contributed by atoms with Gasteiger partial charge >= 0.3 is 0 Å². The van der Waals surface area contributed by atoms with E-state index in [1.54, 1.807) is 0 Å². The van der Waals surface area contributed by atoms with Crippen molar-refractivity contribution in [3.63, 3.8) is 0 Å². The first-order valence-corrected chi connectivity index (χ1v) is 6.55. The maximum Gasteiger partial charge on any atom is 0.103 e. The number of nitrogens with zero attached hydrogens (tertiary/aromatic N) is 2. The fraction of sp³-hybridized carbons (Fsp3) is 0.533. The molecule has 0 aliphatic carbocycles. The topological polar surface area (TPSA) is 39.1 Å². The Balaban J connectivity index is 2.49. The van der Waals surface area contributed by atoms with Crippen molar-refractivity contribution in [2.24, 2.45) is 0 Å². The first-order chi connectivity index (χ1) is 8.65. The summed E-state index contributed by atoms with van der Waals surface area (Å²) in [6, 6.07) is 12.7. The molecular weight excluding hydrogens is 222 g/mol. The highest BCUT2D eigenvalue weighted by molar-refractivity contribution is 5.45. The van der Waals surface area contributed by atoms with Crippen LogP contribution in [0, 0.1) is 11.3 Å². The van der Waals surface area contributed by atoms with E-state index in [9.17, 15) is 0 Å². The molecule has 0 aliphatic heterocycles. The molecule has 0 bridgehead atoms. The minimum atomic E-state index is -0.407. The maximum atomic E-state index is 9.10. The van der Waals surface area contributed by atoms with Crippen LogP contribution in [-0.2, 0) is 0 Å². The first kappa shape index (κ1) is 14.5. The minimum Gasteiger partial charge on any atom is -0.372 e. The first-order valence-electron chi connectivity index (χ1n) is 6.55. The average Bonchev–Trinajstić information content (AvgIpc) is 2.44. The molecule has 1 aromatic carbocycles. The Morgan fingerprint density at radius 2 is 2.00 bits per heavy atom. The molecule has 0 fully saturated rings. The summed E-state index contributed by atoms with van der Waals surface area (Å²) in [5, 5.41) is 12.2. The molecule has 0 radical (unpaired) electrons. The molecule has 0 aromatic heterocycles. The zero-order chi connectivity index (χ0) is 13.4. The van der Waals surface area contributed by atoms with Crippen LogP contribution in [0.4, 0.5) is 5.69 Å². The van der Waals surface area contributed by atoms with Gasteiger partial charge in [0.2, 0.25) is 0 Å². The SMILES string of the molecule is CCN(CCCC(C)(C#N)NC)c1ccccc1. The second kappa shape index (κ2) is 7.03. The molecule has 1 atom stereocenters. The van der Waals surface area contributed by atoms with Crippen LogP contribution in [0.2, 0.25) is 0 Å². The van der Waals surface area contributed by atoms with E-state index in [2.05, 4.69) is 47.5 Å². The van der Waals surface area contributed by atoms with Crippen LogP contribution in [0.25, 0.3) is 0 Å². The Bertz CT molecular complexity index is 382. The molecule has 0 saturated carbocycles. The largest absolute Gasteiger partial charge is 0.372 e. The zero-order valence-corrected chi connectivity index (χ0v) is 11.6. The van der Waals surface area contributed by atoms with Crippen molar-refractivity contribution in [2.45, 2.75) is 32.2 Å². The molecule has 3 heteroatoms. The summed E-state index contributed by atoms with van der Waals surface area (Å²) in [5.41, 5.74) is 0.846. The molecule has 3 nitrogen and oxygen atoms in total. The molecular formula is C15H23N3. The predicted octanol–water partition coefficient (Wildman–Crippen LogP) is 2.79. The van der Waals surface area contributed by atoms with Crippen molar-refractivity contribution in [3.05, 3.63) is 30.3 Å². The van der Waals surface area contributed by atoms with Gasteiger partial charge in [0.1, 0.15) is 5.54 Å². The summed E-state index contributed by atoms with van der Waals surface area (Å²) in [6.45, 7) is 6.09. The van der Waals surface area contributed by atoms with Crippen LogP contribution in [0.1, 0.15) is 26.7 Å². The lowest BCUT2D eigenvalue weighted by molar-refractivity contribution is 0.440. The van der Waals surface area contributed by atoms with Crippen molar-refractivity contribution < 1.29 is 0 Å². The van der Waals surface area contributed by atoms with E-state index in [0.29, 0.717) is 0 Å². The highest BCUT2D eigenvalue weighted by atomic mass is 15.1. The molecule has 18 heavy (non-hydrogen) atoms. The van der Waals surface area contributed by atoms with Gasteiger partial charge in [0.05, 0.1) is 6.07 Å². The van der Waals surface area contributed by atoms with Gasteiger partial charge in [0.25, 0.3) is 0 Å². The van der Waals surface area contributed by atoms with E-state index in [4.69, 9.17) is 5.26 Å². The molecule has 0 amide bonds. The lowest BCUT2D eigenvalue weighted by Gasteiger charge is -2.26. The van der Waals surface area contributed by atoms with E-state index in [0.717, 1.165) is 25.9 Å². The zero-order valence-electron chi connectivity index (χ0n) is 11.6. The van der Waals surface area contributed by atoms with Crippen molar-refractivity contribution in [1.82, 2.24) is 5.32 Å². The molecule has 0 heterocycles. The van der Waals surface area contributed by atoms with E-state index in [1.165, 1.54) is 5.69 Å². The third-order valence-corrected chi connectivity index (χ3v) is 3.41. The Labute approximate surface area is 110 Å². The summed E-state index contributed by atoms with van der Waals surface area (Å²) in [7, 11) is 1.85. The van der Waals surface area contributed by atoms with Gasteiger partial charge in [-0.2, -0.15) is 5.26 Å². The molecule has 0 saturated heterocycles. The Kier molecular flexibility index (Phi) is 5.67. The number of nitriles is 1. The van der Waals surface area contributed by atoms with Crippen LogP contribution in [0.3, 0.4) is 0 Å². The number of hydrogen-bond donors (Lipinski definition) is 1. The number of anilines is 1. The fourth-order valence-corrected chi connectivity index (χ4v) is 1.97. The predicted molar refractivity (Wildman–Crippen MR) is 76.6 cm³/mol. The van der Waals surface area contributed by atoms with Gasteiger partial charge in [-0.1, -0.05) is 18.2 Å². The van der Waals surface area contributed by atoms with Crippen LogP contribution in [0.15, 0.2) is 30.3 Å². The van der Waals surface area contributed by atoms with Crippen molar-refractivity contribution in [3.8, 4) is 6.07 Å². The number of benzene rings is 1. The van der Waals surface area contributed by atoms with E-state index >= 15 is 0 Å². The van der Waals surface area contributed by atoms with E-state index in [-0.39, 0.29) is 0 Å². The van der Waals surface area contributed by atoms with Crippen molar-refractivity contribution in [2.75, 3.05) is 25.0 Å². The summed E-state index contributed by atoms with van der Waals surface area (Å²) in [6.07, 6.45) is 1.87. The van der Waals surface area contributed by atoms with Gasteiger partial charge in [0, 0.05) is 18.8 Å². The van der Waals surface area contributed by atoms with Gasteiger partial charge in [-0.15, -0.1) is 0 Å². The normalized spacial score (nSPS) is 13.7. The summed E-state index contributed by atoms with van der Waals surface area (Å²) in [5.74, 6) is 0. The second-order valence-electron chi connectivity index (χ2n) is 4.71. The second-order valence-corrected chi connectivity index (χ2v) is 4.71. The van der Waals surface area contributed by atoms with E-state index in [1.807, 2.05) is 20.0 Å². The van der Waals surface area contributed by atoms with Crippen LogP contribution >= 0.6 is 0 Å².